The molecule has 21 heavy (non-hydrogen) atoms. The molecule has 0 aliphatic heterocycles. The van der Waals surface area contributed by atoms with Crippen molar-refractivity contribution in [1.29, 1.82) is 0 Å². The summed E-state index contributed by atoms with van der Waals surface area (Å²) >= 11 is 0. The molecule has 3 N–H and O–H groups in total. The first-order chi connectivity index (χ1) is 9.95. The van der Waals surface area contributed by atoms with E-state index in [1.807, 2.05) is 32.0 Å². The van der Waals surface area contributed by atoms with Crippen molar-refractivity contribution in [2.45, 2.75) is 13.8 Å². The van der Waals surface area contributed by atoms with E-state index in [0.29, 0.717) is 11.4 Å². The minimum Gasteiger partial charge on any atom is -0.483 e. The van der Waals surface area contributed by atoms with Gasteiger partial charge in [0.1, 0.15) is 11.6 Å². The molecule has 5 heteroatoms. The third-order valence-corrected chi connectivity index (χ3v) is 2.99. The molecule has 0 heterocycles. The summed E-state index contributed by atoms with van der Waals surface area (Å²) in [5, 5.41) is 2.59. The zero-order valence-corrected chi connectivity index (χ0v) is 11.9. The second kappa shape index (κ2) is 6.26. The number of nitrogens with two attached hydrogens (primary N) is 1. The number of nitrogen functional groups attached to an aromatic ring is 1. The zero-order valence-electron chi connectivity index (χ0n) is 11.9. The van der Waals surface area contributed by atoms with Gasteiger partial charge < -0.3 is 15.8 Å². The maximum Gasteiger partial charge on any atom is 0.262 e. The Morgan fingerprint density at radius 1 is 1.24 bits per heavy atom. The molecule has 2 rings (SSSR count). The van der Waals surface area contributed by atoms with Crippen LogP contribution in [-0.2, 0) is 4.79 Å². The minimum atomic E-state index is -0.447. The Morgan fingerprint density at radius 2 is 2.00 bits per heavy atom. The molecule has 0 radical (unpaired) electrons. The van der Waals surface area contributed by atoms with E-state index in [-0.39, 0.29) is 18.2 Å². The Labute approximate surface area is 122 Å². The standard InChI is InChI=1S/C16H17FN2O2/c1-10-3-4-11(2)15(7-10)21-9-16(20)19-14-6-5-12(17)8-13(14)18/h3-8H,9,18H2,1-2H3,(H,19,20). The minimum absolute atomic E-state index is 0.138. The van der Waals surface area contributed by atoms with Crippen molar-refractivity contribution in [3.05, 3.63) is 53.3 Å². The number of halogens is 1. The lowest BCUT2D eigenvalue weighted by Gasteiger charge is -2.11. The normalized spacial score (nSPS) is 10.2. The van der Waals surface area contributed by atoms with E-state index in [1.54, 1.807) is 0 Å². The third kappa shape index (κ3) is 3.95. The number of aryl methyl sites for hydroxylation is 2. The van der Waals surface area contributed by atoms with Crippen molar-refractivity contribution in [2.75, 3.05) is 17.7 Å². The summed E-state index contributed by atoms with van der Waals surface area (Å²) < 4.78 is 18.4. The number of anilines is 2. The summed E-state index contributed by atoms with van der Waals surface area (Å²) in [4.78, 5) is 11.8. The summed E-state index contributed by atoms with van der Waals surface area (Å²) in [6.07, 6.45) is 0. The van der Waals surface area contributed by atoms with Crippen LogP contribution < -0.4 is 15.8 Å². The van der Waals surface area contributed by atoms with Gasteiger partial charge in [0.05, 0.1) is 11.4 Å². The van der Waals surface area contributed by atoms with E-state index in [2.05, 4.69) is 5.32 Å². The molecular weight excluding hydrogens is 271 g/mol. The highest BCUT2D eigenvalue weighted by Crippen LogP contribution is 2.20. The number of hydrogen-bond donors (Lipinski definition) is 2. The summed E-state index contributed by atoms with van der Waals surface area (Å²) in [6.45, 7) is 3.72. The van der Waals surface area contributed by atoms with Crippen LogP contribution in [0, 0.1) is 19.7 Å². The number of carbonyl (C=O) groups excluding carboxylic acids is 1. The van der Waals surface area contributed by atoms with Crippen molar-refractivity contribution >= 4 is 17.3 Å². The smallest absolute Gasteiger partial charge is 0.262 e. The van der Waals surface area contributed by atoms with E-state index < -0.39 is 5.82 Å². The van der Waals surface area contributed by atoms with Crippen molar-refractivity contribution in [1.82, 2.24) is 0 Å². The Balaban J connectivity index is 1.97. The van der Waals surface area contributed by atoms with Gasteiger partial charge in [0.25, 0.3) is 5.91 Å². The van der Waals surface area contributed by atoms with Crippen molar-refractivity contribution in [3.63, 3.8) is 0 Å². The first kappa shape index (κ1) is 14.8. The van der Waals surface area contributed by atoms with Crippen LogP contribution in [0.5, 0.6) is 5.75 Å². The number of rotatable bonds is 4. The first-order valence-corrected chi connectivity index (χ1v) is 6.50. The molecule has 0 saturated carbocycles. The zero-order chi connectivity index (χ0) is 15.4. The average Bonchev–Trinajstić information content (AvgIpc) is 2.43. The van der Waals surface area contributed by atoms with Gasteiger partial charge in [-0.1, -0.05) is 12.1 Å². The van der Waals surface area contributed by atoms with Crippen LogP contribution in [0.1, 0.15) is 11.1 Å². The molecule has 0 bridgehead atoms. The molecule has 0 spiro atoms. The number of ether oxygens (including phenoxy) is 1. The molecule has 0 aliphatic rings. The highest BCUT2D eigenvalue weighted by Gasteiger charge is 2.08. The van der Waals surface area contributed by atoms with Gasteiger partial charge >= 0.3 is 0 Å². The maximum absolute atomic E-state index is 12.9. The number of carbonyl (C=O) groups is 1. The summed E-state index contributed by atoms with van der Waals surface area (Å²) in [5.41, 5.74) is 8.18. The van der Waals surface area contributed by atoms with Crippen LogP contribution in [0.3, 0.4) is 0 Å². The van der Waals surface area contributed by atoms with Crippen LogP contribution in [0.4, 0.5) is 15.8 Å². The van der Waals surface area contributed by atoms with Crippen LogP contribution in [0.2, 0.25) is 0 Å². The van der Waals surface area contributed by atoms with Gasteiger partial charge in [-0.25, -0.2) is 4.39 Å². The summed E-state index contributed by atoms with van der Waals surface area (Å²) in [7, 11) is 0. The quantitative estimate of drug-likeness (QED) is 0.850. The van der Waals surface area contributed by atoms with Crippen LogP contribution >= 0.6 is 0 Å². The number of nitrogens with one attached hydrogen (secondary N) is 1. The van der Waals surface area contributed by atoms with E-state index in [9.17, 15) is 9.18 Å². The van der Waals surface area contributed by atoms with E-state index in [1.165, 1.54) is 12.1 Å². The third-order valence-electron chi connectivity index (χ3n) is 2.99. The van der Waals surface area contributed by atoms with Gasteiger partial charge in [0, 0.05) is 0 Å². The van der Waals surface area contributed by atoms with Gasteiger partial charge in [0.2, 0.25) is 0 Å². The van der Waals surface area contributed by atoms with Gasteiger partial charge in [-0.05, 0) is 49.2 Å². The molecule has 4 nitrogen and oxygen atoms in total. The van der Waals surface area contributed by atoms with Gasteiger partial charge in [0.15, 0.2) is 6.61 Å². The van der Waals surface area contributed by atoms with Crippen molar-refractivity contribution in [2.24, 2.45) is 0 Å². The fraction of sp³-hybridized carbons (Fsp3) is 0.188. The number of benzene rings is 2. The molecule has 110 valence electrons. The van der Waals surface area contributed by atoms with Crippen LogP contribution in [0.15, 0.2) is 36.4 Å². The Hall–Kier alpha value is -2.56. The lowest BCUT2D eigenvalue weighted by Crippen LogP contribution is -2.21. The van der Waals surface area contributed by atoms with Crippen LogP contribution in [0.25, 0.3) is 0 Å². The fourth-order valence-corrected chi connectivity index (χ4v) is 1.84. The highest BCUT2D eigenvalue weighted by molar-refractivity contribution is 5.94. The van der Waals surface area contributed by atoms with E-state index in [0.717, 1.165) is 17.2 Å². The molecule has 2 aromatic carbocycles. The second-order valence-corrected chi connectivity index (χ2v) is 4.84. The van der Waals surface area contributed by atoms with Crippen LogP contribution in [-0.4, -0.2) is 12.5 Å². The molecule has 0 fully saturated rings. The molecule has 0 unspecified atom stereocenters. The maximum atomic E-state index is 12.9. The topological polar surface area (TPSA) is 64.3 Å². The summed E-state index contributed by atoms with van der Waals surface area (Å²) in [6, 6.07) is 9.58. The average molecular weight is 288 g/mol. The van der Waals surface area contributed by atoms with Crippen molar-refractivity contribution < 1.29 is 13.9 Å². The van der Waals surface area contributed by atoms with E-state index >= 15 is 0 Å². The SMILES string of the molecule is Cc1ccc(C)c(OCC(=O)Nc2ccc(F)cc2N)c1. The highest BCUT2D eigenvalue weighted by atomic mass is 19.1. The summed E-state index contributed by atoms with van der Waals surface area (Å²) in [5.74, 6) is -0.136. The monoisotopic (exact) mass is 288 g/mol. The molecule has 0 aliphatic carbocycles. The molecule has 0 saturated heterocycles. The van der Waals surface area contributed by atoms with Crippen molar-refractivity contribution in [3.8, 4) is 5.75 Å². The lowest BCUT2D eigenvalue weighted by atomic mass is 10.1. The fourth-order valence-electron chi connectivity index (χ4n) is 1.84. The van der Waals surface area contributed by atoms with Gasteiger partial charge in [-0.2, -0.15) is 0 Å². The first-order valence-electron chi connectivity index (χ1n) is 6.50. The molecular formula is C16H17FN2O2. The van der Waals surface area contributed by atoms with E-state index in [4.69, 9.17) is 10.5 Å². The predicted molar refractivity (Wildman–Crippen MR) is 80.9 cm³/mol. The Kier molecular flexibility index (Phi) is 4.42. The predicted octanol–water partition coefficient (Wildman–Crippen LogP) is 3.04. The Morgan fingerprint density at radius 3 is 2.71 bits per heavy atom. The van der Waals surface area contributed by atoms with Gasteiger partial charge in [-0.15, -0.1) is 0 Å². The molecule has 2 aromatic rings. The number of amides is 1. The second-order valence-electron chi connectivity index (χ2n) is 4.84. The number of hydrogen-bond acceptors (Lipinski definition) is 3. The largest absolute Gasteiger partial charge is 0.483 e. The molecule has 0 aromatic heterocycles. The molecule has 0 atom stereocenters. The Bertz CT molecular complexity index is 671. The molecule has 1 amide bonds. The van der Waals surface area contributed by atoms with Gasteiger partial charge in [-0.3, -0.25) is 4.79 Å². The lowest BCUT2D eigenvalue weighted by molar-refractivity contribution is -0.118.